The van der Waals surface area contributed by atoms with Crippen molar-refractivity contribution in [3.05, 3.63) is 12.3 Å². The first-order chi connectivity index (χ1) is 5.43. The first-order valence-corrected chi connectivity index (χ1v) is 3.43. The lowest BCUT2D eigenvalue weighted by atomic mass is 10.4. The Hall–Kier alpha value is -1.32. The Balaban J connectivity index is 2.26. The van der Waals surface area contributed by atoms with Crippen LogP contribution in [0.1, 0.15) is 6.42 Å². The van der Waals surface area contributed by atoms with Crippen LogP contribution in [-0.4, -0.2) is 25.7 Å². The van der Waals surface area contributed by atoms with Gasteiger partial charge in [-0.2, -0.15) is 0 Å². The molecule has 0 aromatic carbocycles. The van der Waals surface area contributed by atoms with Gasteiger partial charge in [0.05, 0.1) is 12.8 Å². The highest BCUT2D eigenvalue weighted by Gasteiger charge is 1.95. The third-order valence-corrected chi connectivity index (χ3v) is 1.22. The zero-order chi connectivity index (χ0) is 7.94. The van der Waals surface area contributed by atoms with E-state index in [1.165, 1.54) is 7.11 Å². The summed E-state index contributed by atoms with van der Waals surface area (Å²) in [5, 5.41) is 6.60. The van der Waals surface area contributed by atoms with Gasteiger partial charge < -0.3 is 10.2 Å². The second-order valence-corrected chi connectivity index (χ2v) is 2.01. The van der Waals surface area contributed by atoms with E-state index in [-0.39, 0.29) is 0 Å². The average molecular weight is 153 g/mol. The Bertz CT molecular complexity index is 196. The minimum absolute atomic E-state index is 0.693. The monoisotopic (exact) mass is 153 g/mol. The maximum Gasteiger partial charge on any atom is 0.106 e. The summed E-state index contributed by atoms with van der Waals surface area (Å²) in [6.07, 6.45) is 6.20. The van der Waals surface area contributed by atoms with Crippen molar-refractivity contribution in [1.29, 1.82) is 0 Å². The summed E-state index contributed by atoms with van der Waals surface area (Å²) in [5.41, 5.74) is 0. The summed E-state index contributed by atoms with van der Waals surface area (Å²) in [4.78, 5) is 8.67. The zero-order valence-corrected chi connectivity index (χ0v) is 6.45. The molecular formula is C7H11N3O. The lowest BCUT2D eigenvalue weighted by molar-refractivity contribution is 0.215. The molecule has 0 bridgehead atoms. The van der Waals surface area contributed by atoms with Crippen molar-refractivity contribution in [1.82, 2.24) is 5.32 Å². The number of nitrogens with one attached hydrogen (secondary N) is 1. The largest absolute Gasteiger partial charge is 0.399 e. The van der Waals surface area contributed by atoms with Crippen molar-refractivity contribution in [2.45, 2.75) is 6.42 Å². The fraction of sp³-hybridized carbons (Fsp3) is 0.429. The topological polar surface area (TPSA) is 46.0 Å². The number of oxime groups is 1. The molecule has 4 nitrogen and oxygen atoms in total. The molecule has 0 aromatic heterocycles. The molecule has 0 aromatic rings. The third kappa shape index (κ3) is 2.84. The number of hydrogen-bond acceptors (Lipinski definition) is 4. The van der Waals surface area contributed by atoms with Crippen LogP contribution in [0, 0.1) is 0 Å². The van der Waals surface area contributed by atoms with Crippen LogP contribution in [0.25, 0.3) is 0 Å². The van der Waals surface area contributed by atoms with E-state index in [1.807, 2.05) is 12.3 Å². The maximum atomic E-state index is 4.50. The van der Waals surface area contributed by atoms with Crippen LogP contribution in [0.4, 0.5) is 0 Å². The Morgan fingerprint density at radius 1 is 1.91 bits per heavy atom. The van der Waals surface area contributed by atoms with Crippen LogP contribution < -0.4 is 5.32 Å². The van der Waals surface area contributed by atoms with Gasteiger partial charge >= 0.3 is 0 Å². The van der Waals surface area contributed by atoms with E-state index in [4.69, 9.17) is 0 Å². The molecule has 0 fully saturated rings. The molecule has 0 atom stereocenters. The van der Waals surface area contributed by atoms with Gasteiger partial charge in [-0.1, -0.05) is 5.16 Å². The molecule has 0 unspecified atom stereocenters. The fourth-order valence-electron chi connectivity index (χ4n) is 0.738. The molecular weight excluding hydrogens is 142 g/mol. The average Bonchev–Trinajstić information content (AvgIpc) is 2.07. The van der Waals surface area contributed by atoms with Crippen LogP contribution in [0.3, 0.4) is 0 Å². The predicted octanol–water partition coefficient (Wildman–Crippen LogP) is 0.524. The molecule has 0 saturated carbocycles. The smallest absolute Gasteiger partial charge is 0.106 e. The molecule has 60 valence electrons. The van der Waals surface area contributed by atoms with Crippen molar-refractivity contribution >= 4 is 12.1 Å². The normalized spacial score (nSPS) is 16.3. The van der Waals surface area contributed by atoms with Crippen molar-refractivity contribution in [2.75, 3.05) is 13.7 Å². The van der Waals surface area contributed by atoms with Gasteiger partial charge in [-0.25, -0.2) is 0 Å². The molecule has 0 saturated heterocycles. The number of hydrogen-bond donors (Lipinski definition) is 1. The second-order valence-electron chi connectivity index (χ2n) is 2.01. The molecule has 1 aliphatic rings. The van der Waals surface area contributed by atoms with Crippen LogP contribution in [0.2, 0.25) is 0 Å². The number of nitrogens with zero attached hydrogens (tertiary/aromatic N) is 2. The quantitative estimate of drug-likeness (QED) is 0.474. The van der Waals surface area contributed by atoms with E-state index in [0.29, 0.717) is 6.42 Å². The summed E-state index contributed by atoms with van der Waals surface area (Å²) in [6.45, 7) is 0.753. The van der Waals surface area contributed by atoms with Gasteiger partial charge in [-0.15, -0.1) is 0 Å². The minimum Gasteiger partial charge on any atom is -0.399 e. The lowest BCUT2D eigenvalue weighted by Gasteiger charge is -2.05. The van der Waals surface area contributed by atoms with E-state index in [2.05, 4.69) is 20.3 Å². The van der Waals surface area contributed by atoms with Crippen LogP contribution in [0.5, 0.6) is 0 Å². The first kappa shape index (κ1) is 7.78. The number of aliphatic imine (C=N–C) groups is 1. The van der Waals surface area contributed by atoms with E-state index < -0.39 is 0 Å². The van der Waals surface area contributed by atoms with Crippen molar-refractivity contribution in [3.8, 4) is 0 Å². The minimum atomic E-state index is 0.693. The van der Waals surface area contributed by atoms with E-state index >= 15 is 0 Å². The number of amidine groups is 1. The molecule has 0 amide bonds. The Kier molecular flexibility index (Phi) is 3.18. The summed E-state index contributed by atoms with van der Waals surface area (Å²) in [7, 11) is 1.52. The molecule has 1 N–H and O–H groups in total. The maximum absolute atomic E-state index is 4.50. The molecule has 11 heavy (non-hydrogen) atoms. The molecule has 0 radical (unpaired) electrons. The third-order valence-electron chi connectivity index (χ3n) is 1.22. The van der Waals surface area contributed by atoms with Gasteiger partial charge in [0.2, 0.25) is 0 Å². The highest BCUT2D eigenvalue weighted by atomic mass is 16.6. The molecule has 1 heterocycles. The predicted molar refractivity (Wildman–Crippen MR) is 44.7 cm³/mol. The lowest BCUT2D eigenvalue weighted by Crippen LogP contribution is -2.20. The summed E-state index contributed by atoms with van der Waals surface area (Å²) < 4.78 is 0. The van der Waals surface area contributed by atoms with Crippen LogP contribution in [0.15, 0.2) is 22.4 Å². The number of rotatable bonds is 3. The molecule has 4 heteroatoms. The van der Waals surface area contributed by atoms with Crippen LogP contribution in [-0.2, 0) is 4.84 Å². The molecule has 0 aliphatic carbocycles. The SMILES string of the molecule is CON=CCC1=NCC=CN1. The van der Waals surface area contributed by atoms with Crippen LogP contribution >= 0.6 is 0 Å². The summed E-state index contributed by atoms with van der Waals surface area (Å²) in [5.74, 6) is 0.924. The molecule has 1 rings (SSSR count). The second kappa shape index (κ2) is 4.49. The summed E-state index contributed by atoms with van der Waals surface area (Å²) >= 11 is 0. The van der Waals surface area contributed by atoms with Gasteiger partial charge in [0.15, 0.2) is 0 Å². The highest BCUT2D eigenvalue weighted by Crippen LogP contribution is 1.88. The molecule has 1 aliphatic heterocycles. The van der Waals surface area contributed by atoms with E-state index in [0.717, 1.165) is 12.4 Å². The standard InChI is InChI=1S/C7H11N3O/c1-11-10-6-3-7-8-4-2-5-9-7/h2,4,6H,3,5H2,1H3,(H,8,9). The fourth-order valence-corrected chi connectivity index (χ4v) is 0.738. The van der Waals surface area contributed by atoms with Crippen molar-refractivity contribution < 1.29 is 4.84 Å². The van der Waals surface area contributed by atoms with Gasteiger partial charge in [0.25, 0.3) is 0 Å². The first-order valence-electron chi connectivity index (χ1n) is 3.43. The van der Waals surface area contributed by atoms with E-state index in [9.17, 15) is 0 Å². The van der Waals surface area contributed by atoms with Gasteiger partial charge in [0, 0.05) is 6.42 Å². The molecule has 0 spiro atoms. The van der Waals surface area contributed by atoms with Crippen molar-refractivity contribution in [3.63, 3.8) is 0 Å². The summed E-state index contributed by atoms with van der Waals surface area (Å²) in [6, 6.07) is 0. The van der Waals surface area contributed by atoms with Gasteiger partial charge in [-0.05, 0) is 12.3 Å². The van der Waals surface area contributed by atoms with E-state index in [1.54, 1.807) is 6.21 Å². The van der Waals surface area contributed by atoms with Crippen molar-refractivity contribution in [2.24, 2.45) is 10.1 Å². The van der Waals surface area contributed by atoms with Gasteiger partial charge in [0.1, 0.15) is 12.9 Å². The Morgan fingerprint density at radius 2 is 2.82 bits per heavy atom. The highest BCUT2D eigenvalue weighted by molar-refractivity contribution is 5.94. The van der Waals surface area contributed by atoms with Gasteiger partial charge in [-0.3, -0.25) is 4.99 Å². The Morgan fingerprint density at radius 3 is 3.45 bits per heavy atom. The zero-order valence-electron chi connectivity index (χ0n) is 6.45. The Labute approximate surface area is 65.6 Å².